The number of rotatable bonds is 4. The highest BCUT2D eigenvalue weighted by molar-refractivity contribution is 7.09. The maximum Gasteiger partial charge on any atom is 0.247 e. The van der Waals surface area contributed by atoms with Crippen molar-refractivity contribution in [1.82, 2.24) is 15.2 Å². The van der Waals surface area contributed by atoms with Gasteiger partial charge in [-0.05, 0) is 27.7 Å². The molecule has 0 aromatic carbocycles. The van der Waals surface area contributed by atoms with E-state index in [4.69, 9.17) is 0 Å². The number of hydrogen-bond acceptors (Lipinski definition) is 5. The van der Waals surface area contributed by atoms with Gasteiger partial charge in [-0.1, -0.05) is 0 Å². The average Bonchev–Trinajstić information content (AvgIpc) is 2.88. The molecule has 1 aromatic rings. The van der Waals surface area contributed by atoms with Crippen LogP contribution in [0.1, 0.15) is 39.1 Å². The highest BCUT2D eigenvalue weighted by Gasteiger charge is 2.42. The normalized spacial score (nSPS) is 20.7. The Labute approximate surface area is 117 Å². The standard InChI is InChI=1S/C13H19N3O2S/c1-8(2)16-10(17)7-9(11(16)18)15-13(3,4)12-14-5-6-19-12/h5-6,8-9,15H,7H2,1-4H3. The molecule has 2 amide bonds. The fourth-order valence-electron chi connectivity index (χ4n) is 2.34. The topological polar surface area (TPSA) is 62.3 Å². The van der Waals surface area contributed by atoms with Crippen molar-refractivity contribution < 1.29 is 9.59 Å². The molecule has 1 fully saturated rings. The predicted molar refractivity (Wildman–Crippen MR) is 73.7 cm³/mol. The summed E-state index contributed by atoms with van der Waals surface area (Å²) < 4.78 is 0. The van der Waals surface area contributed by atoms with Gasteiger partial charge in [0.25, 0.3) is 0 Å². The van der Waals surface area contributed by atoms with E-state index < -0.39 is 11.6 Å². The van der Waals surface area contributed by atoms with Gasteiger partial charge in [-0.3, -0.25) is 19.8 Å². The summed E-state index contributed by atoms with van der Waals surface area (Å²) in [5.41, 5.74) is -0.415. The van der Waals surface area contributed by atoms with Gasteiger partial charge in [0.1, 0.15) is 5.01 Å². The Balaban J connectivity index is 2.13. The van der Waals surface area contributed by atoms with E-state index in [1.54, 1.807) is 6.20 Å². The first-order chi connectivity index (χ1) is 8.83. The van der Waals surface area contributed by atoms with Gasteiger partial charge in [0.05, 0.1) is 18.0 Å². The number of imide groups is 1. The molecule has 1 aliphatic rings. The third-order valence-corrected chi connectivity index (χ3v) is 4.30. The zero-order valence-corrected chi connectivity index (χ0v) is 12.5. The van der Waals surface area contributed by atoms with Crippen LogP contribution in [0.25, 0.3) is 0 Å². The number of amides is 2. The number of carbonyl (C=O) groups is 2. The van der Waals surface area contributed by atoms with E-state index >= 15 is 0 Å². The second-order valence-electron chi connectivity index (χ2n) is 5.56. The van der Waals surface area contributed by atoms with E-state index in [1.807, 2.05) is 33.1 Å². The Hall–Kier alpha value is -1.27. The Morgan fingerprint density at radius 3 is 2.63 bits per heavy atom. The van der Waals surface area contributed by atoms with Crippen LogP contribution >= 0.6 is 11.3 Å². The van der Waals surface area contributed by atoms with Crippen molar-refractivity contribution in [3.05, 3.63) is 16.6 Å². The Kier molecular flexibility index (Phi) is 3.73. The SMILES string of the molecule is CC(C)N1C(=O)CC(NC(C)(C)c2nccs2)C1=O. The third-order valence-electron chi connectivity index (χ3n) is 3.20. The molecule has 0 spiro atoms. The first-order valence-electron chi connectivity index (χ1n) is 6.36. The number of carbonyl (C=O) groups excluding carboxylic acids is 2. The molecule has 1 aromatic heterocycles. The van der Waals surface area contributed by atoms with Gasteiger partial charge < -0.3 is 0 Å². The van der Waals surface area contributed by atoms with Crippen molar-refractivity contribution in [1.29, 1.82) is 0 Å². The summed E-state index contributed by atoms with van der Waals surface area (Å²) in [5.74, 6) is -0.239. The van der Waals surface area contributed by atoms with Gasteiger partial charge in [0, 0.05) is 17.6 Å². The second-order valence-corrected chi connectivity index (χ2v) is 6.45. The summed E-state index contributed by atoms with van der Waals surface area (Å²) in [6.07, 6.45) is 1.97. The van der Waals surface area contributed by atoms with Crippen molar-refractivity contribution in [3.8, 4) is 0 Å². The molecule has 2 rings (SSSR count). The first kappa shape index (κ1) is 14.1. The zero-order valence-electron chi connectivity index (χ0n) is 11.6. The van der Waals surface area contributed by atoms with E-state index in [1.165, 1.54) is 16.2 Å². The minimum atomic E-state index is -0.450. The molecule has 104 valence electrons. The van der Waals surface area contributed by atoms with Gasteiger partial charge >= 0.3 is 0 Å². The zero-order chi connectivity index (χ0) is 14.2. The van der Waals surface area contributed by atoms with E-state index in [9.17, 15) is 9.59 Å². The van der Waals surface area contributed by atoms with E-state index in [0.29, 0.717) is 0 Å². The summed E-state index contributed by atoms with van der Waals surface area (Å²) in [5, 5.41) is 6.07. The van der Waals surface area contributed by atoms with Crippen LogP contribution < -0.4 is 5.32 Å². The number of aromatic nitrogens is 1. The van der Waals surface area contributed by atoms with Crippen LogP contribution in [-0.2, 0) is 15.1 Å². The molecule has 1 aliphatic heterocycles. The van der Waals surface area contributed by atoms with E-state index in [2.05, 4.69) is 10.3 Å². The molecule has 0 radical (unpaired) electrons. The number of likely N-dealkylation sites (tertiary alicyclic amines) is 1. The number of thiazole rings is 1. The lowest BCUT2D eigenvalue weighted by molar-refractivity contribution is -0.140. The minimum Gasteiger partial charge on any atom is -0.294 e. The lowest BCUT2D eigenvalue weighted by Crippen LogP contribution is -2.48. The monoisotopic (exact) mass is 281 g/mol. The highest BCUT2D eigenvalue weighted by atomic mass is 32.1. The molecule has 19 heavy (non-hydrogen) atoms. The Morgan fingerprint density at radius 2 is 2.16 bits per heavy atom. The fraction of sp³-hybridized carbons (Fsp3) is 0.615. The maximum atomic E-state index is 12.2. The van der Waals surface area contributed by atoms with Crippen LogP contribution in [0.5, 0.6) is 0 Å². The van der Waals surface area contributed by atoms with Crippen LogP contribution in [0.4, 0.5) is 0 Å². The summed E-state index contributed by atoms with van der Waals surface area (Å²) in [6.45, 7) is 7.65. The number of nitrogens with zero attached hydrogens (tertiary/aromatic N) is 2. The largest absolute Gasteiger partial charge is 0.294 e. The number of nitrogens with one attached hydrogen (secondary N) is 1. The van der Waals surface area contributed by atoms with Crippen LogP contribution in [0.15, 0.2) is 11.6 Å². The lowest BCUT2D eigenvalue weighted by atomic mass is 10.0. The highest BCUT2D eigenvalue weighted by Crippen LogP contribution is 2.26. The Bertz CT molecular complexity index is 482. The quantitative estimate of drug-likeness (QED) is 0.850. The van der Waals surface area contributed by atoms with Crippen LogP contribution in [0.3, 0.4) is 0 Å². The molecular formula is C13H19N3O2S. The van der Waals surface area contributed by atoms with Gasteiger partial charge in [-0.2, -0.15) is 0 Å². The van der Waals surface area contributed by atoms with Gasteiger partial charge in [0.2, 0.25) is 11.8 Å². The number of hydrogen-bond donors (Lipinski definition) is 1. The molecule has 1 atom stereocenters. The van der Waals surface area contributed by atoms with Gasteiger partial charge in [0.15, 0.2) is 0 Å². The van der Waals surface area contributed by atoms with Crippen molar-refractivity contribution in [2.24, 2.45) is 0 Å². The fourth-order valence-corrected chi connectivity index (χ4v) is 3.06. The second kappa shape index (κ2) is 5.02. The third kappa shape index (κ3) is 2.69. The molecule has 1 saturated heterocycles. The van der Waals surface area contributed by atoms with Crippen molar-refractivity contribution >= 4 is 23.2 Å². The van der Waals surface area contributed by atoms with Crippen molar-refractivity contribution in [3.63, 3.8) is 0 Å². The molecule has 5 nitrogen and oxygen atoms in total. The summed E-state index contributed by atoms with van der Waals surface area (Å²) in [7, 11) is 0. The summed E-state index contributed by atoms with van der Waals surface area (Å²) in [4.78, 5) is 29.7. The molecular weight excluding hydrogens is 262 g/mol. The van der Waals surface area contributed by atoms with Crippen molar-refractivity contribution in [2.45, 2.75) is 51.7 Å². The van der Waals surface area contributed by atoms with Crippen LogP contribution in [-0.4, -0.2) is 33.8 Å². The summed E-state index contributed by atoms with van der Waals surface area (Å²) >= 11 is 1.54. The van der Waals surface area contributed by atoms with Crippen LogP contribution in [0.2, 0.25) is 0 Å². The molecule has 0 saturated carbocycles. The predicted octanol–water partition coefficient (Wildman–Crippen LogP) is 1.50. The molecule has 1 N–H and O–H groups in total. The first-order valence-corrected chi connectivity index (χ1v) is 7.24. The Morgan fingerprint density at radius 1 is 1.47 bits per heavy atom. The van der Waals surface area contributed by atoms with E-state index in [0.717, 1.165) is 5.01 Å². The minimum absolute atomic E-state index is 0.0882. The van der Waals surface area contributed by atoms with Crippen molar-refractivity contribution in [2.75, 3.05) is 0 Å². The van der Waals surface area contributed by atoms with Gasteiger partial charge in [-0.25, -0.2) is 4.98 Å². The smallest absolute Gasteiger partial charge is 0.247 e. The molecule has 6 heteroatoms. The maximum absolute atomic E-state index is 12.2. The summed E-state index contributed by atoms with van der Waals surface area (Å²) in [6, 6.07) is -0.538. The average molecular weight is 281 g/mol. The molecule has 0 bridgehead atoms. The van der Waals surface area contributed by atoms with Crippen LogP contribution in [0, 0.1) is 0 Å². The molecule has 2 heterocycles. The molecule has 1 unspecified atom stereocenters. The molecule has 0 aliphatic carbocycles. The van der Waals surface area contributed by atoms with E-state index in [-0.39, 0.29) is 24.3 Å². The van der Waals surface area contributed by atoms with Gasteiger partial charge in [-0.15, -0.1) is 11.3 Å². The lowest BCUT2D eigenvalue weighted by Gasteiger charge is -2.27.